The van der Waals surface area contributed by atoms with Gasteiger partial charge >= 0.3 is 18.2 Å². The molecule has 34 heavy (non-hydrogen) atoms. The van der Waals surface area contributed by atoms with Crippen LogP contribution in [0.15, 0.2) is 60.7 Å². The highest BCUT2D eigenvalue weighted by atomic mass is 16.6. The van der Waals surface area contributed by atoms with Crippen LogP contribution in [0.3, 0.4) is 0 Å². The molecular formula is C26H32N2O6. The summed E-state index contributed by atoms with van der Waals surface area (Å²) in [7, 11) is 1.33. The number of carbonyl (C=O) groups excluding carboxylic acids is 3. The SMILES string of the molecule is COC(=O)C1CCC(c2ccccc2)N(N(C(=O)OCc2ccccc2)C(=O)OC(C)(C)C)C1. The second-order valence-electron chi connectivity index (χ2n) is 9.18. The van der Waals surface area contributed by atoms with Gasteiger partial charge in [-0.1, -0.05) is 60.7 Å². The van der Waals surface area contributed by atoms with Gasteiger partial charge in [0.25, 0.3) is 0 Å². The standard InChI is InChI=1S/C26H32N2O6/c1-26(2,3)34-25(31)28(24(30)33-18-19-11-7-5-8-12-19)27-17-21(23(29)32-4)15-16-22(27)20-13-9-6-10-14-20/h5-14,21-22H,15-18H2,1-4H3. The molecule has 1 aliphatic rings. The molecule has 2 amide bonds. The lowest BCUT2D eigenvalue weighted by atomic mass is 9.90. The summed E-state index contributed by atoms with van der Waals surface area (Å²) in [6, 6.07) is 18.4. The summed E-state index contributed by atoms with van der Waals surface area (Å²) in [6.45, 7) is 5.26. The first kappa shape index (κ1) is 25.2. The van der Waals surface area contributed by atoms with Gasteiger partial charge in [0.05, 0.1) is 19.1 Å². The minimum Gasteiger partial charge on any atom is -0.469 e. The third-order valence-electron chi connectivity index (χ3n) is 5.48. The predicted molar refractivity (Wildman–Crippen MR) is 125 cm³/mol. The van der Waals surface area contributed by atoms with Crippen LogP contribution in [0, 0.1) is 5.92 Å². The van der Waals surface area contributed by atoms with E-state index < -0.39 is 29.7 Å². The molecule has 1 aliphatic heterocycles. The topological polar surface area (TPSA) is 85.4 Å². The van der Waals surface area contributed by atoms with Crippen LogP contribution in [0.4, 0.5) is 9.59 Å². The minimum atomic E-state index is -0.871. The Kier molecular flexibility index (Phi) is 8.28. The summed E-state index contributed by atoms with van der Waals surface area (Å²) in [4.78, 5) is 38.9. The average Bonchev–Trinajstić information content (AvgIpc) is 2.82. The van der Waals surface area contributed by atoms with Crippen LogP contribution in [0.5, 0.6) is 0 Å². The van der Waals surface area contributed by atoms with E-state index in [1.54, 1.807) is 25.8 Å². The van der Waals surface area contributed by atoms with Crippen molar-refractivity contribution in [2.75, 3.05) is 13.7 Å². The van der Waals surface area contributed by atoms with Gasteiger partial charge in [-0.2, -0.15) is 5.01 Å². The summed E-state index contributed by atoms with van der Waals surface area (Å²) in [6.07, 6.45) is -0.638. The molecule has 1 fully saturated rings. The molecule has 3 rings (SSSR count). The second kappa shape index (κ2) is 11.2. The number of piperidine rings is 1. The van der Waals surface area contributed by atoms with Crippen molar-refractivity contribution >= 4 is 18.2 Å². The highest BCUT2D eigenvalue weighted by molar-refractivity contribution is 5.87. The molecule has 0 N–H and O–H groups in total. The molecule has 2 aromatic carbocycles. The molecule has 2 atom stereocenters. The Balaban J connectivity index is 1.94. The number of nitrogens with zero attached hydrogens (tertiary/aromatic N) is 2. The number of esters is 1. The van der Waals surface area contributed by atoms with E-state index >= 15 is 0 Å². The van der Waals surface area contributed by atoms with Crippen molar-refractivity contribution in [3.8, 4) is 0 Å². The van der Waals surface area contributed by atoms with Crippen molar-refractivity contribution in [1.29, 1.82) is 0 Å². The molecule has 0 aliphatic carbocycles. The molecule has 8 nitrogen and oxygen atoms in total. The van der Waals surface area contributed by atoms with E-state index in [1.165, 1.54) is 7.11 Å². The number of rotatable bonds is 5. The number of methoxy groups -OCH3 is 1. The Labute approximate surface area is 200 Å². The summed E-state index contributed by atoms with van der Waals surface area (Å²) >= 11 is 0. The Morgan fingerprint density at radius 3 is 2.15 bits per heavy atom. The van der Waals surface area contributed by atoms with E-state index in [0.717, 1.165) is 16.1 Å². The zero-order chi connectivity index (χ0) is 24.7. The third-order valence-corrected chi connectivity index (χ3v) is 5.48. The molecule has 0 spiro atoms. The first-order valence-electron chi connectivity index (χ1n) is 11.3. The zero-order valence-electron chi connectivity index (χ0n) is 20.1. The normalized spacial score (nSPS) is 18.6. The van der Waals surface area contributed by atoms with Crippen molar-refractivity contribution in [2.45, 2.75) is 51.9 Å². The summed E-state index contributed by atoms with van der Waals surface area (Å²) in [5.74, 6) is -0.893. The van der Waals surface area contributed by atoms with Crippen molar-refractivity contribution in [3.63, 3.8) is 0 Å². The first-order valence-corrected chi connectivity index (χ1v) is 11.3. The highest BCUT2D eigenvalue weighted by Gasteiger charge is 2.43. The van der Waals surface area contributed by atoms with E-state index in [4.69, 9.17) is 14.2 Å². The number of benzene rings is 2. The first-order chi connectivity index (χ1) is 16.2. The number of imide groups is 1. The number of amides is 2. The number of carbonyl (C=O) groups is 3. The highest BCUT2D eigenvalue weighted by Crippen LogP contribution is 2.36. The van der Waals surface area contributed by atoms with Crippen LogP contribution >= 0.6 is 0 Å². The summed E-state index contributed by atoms with van der Waals surface area (Å²) in [5, 5.41) is 2.46. The molecule has 1 heterocycles. The van der Waals surface area contributed by atoms with E-state index in [2.05, 4.69) is 0 Å². The molecule has 8 heteroatoms. The molecule has 1 saturated heterocycles. The summed E-state index contributed by atoms with van der Waals surface area (Å²) < 4.78 is 16.0. The Bertz CT molecular complexity index is 974. The predicted octanol–water partition coefficient (Wildman–Crippen LogP) is 5.10. The maximum absolute atomic E-state index is 13.3. The molecule has 0 saturated carbocycles. The van der Waals surface area contributed by atoms with Gasteiger partial charge in [-0.15, -0.1) is 5.01 Å². The largest absolute Gasteiger partial charge is 0.469 e. The molecule has 0 radical (unpaired) electrons. The van der Waals surface area contributed by atoms with E-state index in [-0.39, 0.29) is 19.2 Å². The molecule has 2 aromatic rings. The van der Waals surface area contributed by atoms with E-state index in [9.17, 15) is 14.4 Å². The molecule has 182 valence electrons. The Hall–Kier alpha value is -3.39. The van der Waals surface area contributed by atoms with Gasteiger partial charge in [-0.05, 0) is 44.7 Å². The molecule has 0 aromatic heterocycles. The fourth-order valence-corrected chi connectivity index (χ4v) is 3.92. The molecule has 2 unspecified atom stereocenters. The van der Waals surface area contributed by atoms with Crippen molar-refractivity contribution in [3.05, 3.63) is 71.8 Å². The number of hydrazine groups is 1. The van der Waals surface area contributed by atoms with Crippen LogP contribution in [-0.2, 0) is 25.6 Å². The summed E-state index contributed by atoms with van der Waals surface area (Å²) in [5.41, 5.74) is 0.857. The fourth-order valence-electron chi connectivity index (χ4n) is 3.92. The third kappa shape index (κ3) is 6.57. The van der Waals surface area contributed by atoms with Crippen molar-refractivity contribution in [2.24, 2.45) is 5.92 Å². The van der Waals surface area contributed by atoms with Crippen molar-refractivity contribution in [1.82, 2.24) is 10.0 Å². The number of ether oxygens (including phenoxy) is 3. The van der Waals surface area contributed by atoms with Crippen molar-refractivity contribution < 1.29 is 28.6 Å². The smallest absolute Gasteiger partial charge is 0.435 e. The Morgan fingerprint density at radius 1 is 0.941 bits per heavy atom. The maximum atomic E-state index is 13.3. The average molecular weight is 469 g/mol. The van der Waals surface area contributed by atoms with Gasteiger partial charge in [0.1, 0.15) is 12.2 Å². The second-order valence-corrected chi connectivity index (χ2v) is 9.18. The Morgan fingerprint density at radius 2 is 1.56 bits per heavy atom. The molecule has 0 bridgehead atoms. The van der Waals surface area contributed by atoms with Crippen LogP contribution in [0.1, 0.15) is 50.8 Å². The van der Waals surface area contributed by atoms with Gasteiger partial charge in [0.2, 0.25) is 0 Å². The maximum Gasteiger partial charge on any atom is 0.435 e. The lowest BCUT2D eigenvalue weighted by Crippen LogP contribution is -2.56. The number of hydrogen-bond donors (Lipinski definition) is 0. The van der Waals surface area contributed by atoms with Gasteiger partial charge in [0.15, 0.2) is 0 Å². The quantitative estimate of drug-likeness (QED) is 0.446. The minimum absolute atomic E-state index is 0.0107. The lowest BCUT2D eigenvalue weighted by Gasteiger charge is -2.43. The van der Waals surface area contributed by atoms with Gasteiger partial charge in [-0.25, -0.2) is 9.59 Å². The van der Waals surface area contributed by atoms with Gasteiger partial charge in [0, 0.05) is 6.54 Å². The van der Waals surface area contributed by atoms with Crippen LogP contribution in [0.2, 0.25) is 0 Å². The fraction of sp³-hybridized carbons (Fsp3) is 0.423. The van der Waals surface area contributed by atoms with Crippen LogP contribution < -0.4 is 0 Å². The van der Waals surface area contributed by atoms with E-state index in [1.807, 2.05) is 60.7 Å². The van der Waals surface area contributed by atoms with E-state index in [0.29, 0.717) is 12.8 Å². The van der Waals surface area contributed by atoms with Gasteiger partial charge < -0.3 is 14.2 Å². The van der Waals surface area contributed by atoms with Crippen LogP contribution in [-0.4, -0.2) is 47.4 Å². The lowest BCUT2D eigenvalue weighted by molar-refractivity contribution is -0.153. The zero-order valence-corrected chi connectivity index (χ0v) is 20.1. The number of hydrogen-bond acceptors (Lipinski definition) is 7. The molecular weight excluding hydrogens is 436 g/mol. The van der Waals surface area contributed by atoms with Gasteiger partial charge in [-0.3, -0.25) is 4.79 Å². The monoisotopic (exact) mass is 468 g/mol. The van der Waals surface area contributed by atoms with Crippen LogP contribution in [0.25, 0.3) is 0 Å².